The first-order chi connectivity index (χ1) is 7.88. The lowest BCUT2D eigenvalue weighted by Crippen LogP contribution is -2.41. The molecule has 2 N–H and O–H groups in total. The van der Waals surface area contributed by atoms with Crippen LogP contribution in [0.5, 0.6) is 0 Å². The molecule has 2 rings (SSSR count). The van der Waals surface area contributed by atoms with Crippen molar-refractivity contribution in [3.05, 3.63) is 0 Å². The van der Waals surface area contributed by atoms with Gasteiger partial charge in [-0.2, -0.15) is 11.8 Å². The molecule has 1 unspecified atom stereocenters. The van der Waals surface area contributed by atoms with E-state index < -0.39 is 0 Å². The van der Waals surface area contributed by atoms with E-state index in [9.17, 15) is 0 Å². The second-order valence-electron chi connectivity index (χ2n) is 5.25. The average Bonchev–Trinajstić information content (AvgIpc) is 2.59. The van der Waals surface area contributed by atoms with Crippen LogP contribution in [0.4, 0.5) is 0 Å². The third kappa shape index (κ3) is 3.94. The third-order valence-corrected chi connectivity index (χ3v) is 5.19. The summed E-state index contributed by atoms with van der Waals surface area (Å²) in [6.45, 7) is 2.43. The molecule has 1 aliphatic heterocycles. The molecular formula is C13H26N2S. The summed E-state index contributed by atoms with van der Waals surface area (Å²) in [5.41, 5.74) is 0. The fourth-order valence-electron chi connectivity index (χ4n) is 2.98. The van der Waals surface area contributed by atoms with Gasteiger partial charge in [0.25, 0.3) is 0 Å². The molecule has 94 valence electrons. The highest BCUT2D eigenvalue weighted by molar-refractivity contribution is 7.99. The first-order valence-electron chi connectivity index (χ1n) is 6.88. The fraction of sp³-hybridized carbons (Fsp3) is 1.00. The van der Waals surface area contributed by atoms with Gasteiger partial charge < -0.3 is 10.6 Å². The predicted molar refractivity (Wildman–Crippen MR) is 73.2 cm³/mol. The molecule has 1 saturated heterocycles. The highest BCUT2D eigenvalue weighted by Crippen LogP contribution is 2.27. The average molecular weight is 242 g/mol. The van der Waals surface area contributed by atoms with E-state index in [1.165, 1.54) is 58.0 Å². The number of thioether (sulfide) groups is 1. The van der Waals surface area contributed by atoms with Crippen LogP contribution in [0.1, 0.15) is 44.9 Å². The van der Waals surface area contributed by atoms with E-state index >= 15 is 0 Å². The molecule has 0 bridgehead atoms. The van der Waals surface area contributed by atoms with E-state index in [1.54, 1.807) is 0 Å². The van der Waals surface area contributed by atoms with E-state index in [0.717, 1.165) is 17.3 Å². The zero-order valence-electron chi connectivity index (χ0n) is 10.5. The molecule has 16 heavy (non-hydrogen) atoms. The Morgan fingerprint density at radius 3 is 2.44 bits per heavy atom. The number of hydrogen-bond acceptors (Lipinski definition) is 3. The van der Waals surface area contributed by atoms with Gasteiger partial charge >= 0.3 is 0 Å². The third-order valence-electron chi connectivity index (χ3n) is 4.05. The van der Waals surface area contributed by atoms with Crippen molar-refractivity contribution in [2.75, 3.05) is 19.3 Å². The lowest BCUT2D eigenvalue weighted by atomic mass is 9.93. The van der Waals surface area contributed by atoms with Crippen LogP contribution < -0.4 is 10.6 Å². The Morgan fingerprint density at radius 1 is 0.938 bits per heavy atom. The van der Waals surface area contributed by atoms with Crippen LogP contribution >= 0.6 is 11.8 Å². The van der Waals surface area contributed by atoms with Crippen molar-refractivity contribution in [1.29, 1.82) is 0 Å². The molecular weight excluding hydrogens is 216 g/mol. The van der Waals surface area contributed by atoms with E-state index in [-0.39, 0.29) is 0 Å². The van der Waals surface area contributed by atoms with Crippen molar-refractivity contribution in [1.82, 2.24) is 10.6 Å². The van der Waals surface area contributed by atoms with Crippen LogP contribution in [0, 0.1) is 0 Å². The van der Waals surface area contributed by atoms with Gasteiger partial charge in [0.05, 0.1) is 0 Å². The van der Waals surface area contributed by atoms with Crippen LogP contribution in [0.2, 0.25) is 0 Å². The lowest BCUT2D eigenvalue weighted by molar-refractivity contribution is 0.327. The smallest absolute Gasteiger partial charge is 0.00822 e. The Bertz CT molecular complexity index is 182. The Labute approximate surface area is 104 Å². The van der Waals surface area contributed by atoms with Crippen LogP contribution in [0.15, 0.2) is 0 Å². The highest BCUT2D eigenvalue weighted by atomic mass is 32.2. The van der Waals surface area contributed by atoms with E-state index in [1.807, 2.05) is 0 Å². The van der Waals surface area contributed by atoms with Crippen LogP contribution in [-0.4, -0.2) is 36.7 Å². The molecule has 0 amide bonds. The SMILES string of the molecule is CSC1CCC(NC2CCCNCC2)CC1. The zero-order valence-corrected chi connectivity index (χ0v) is 11.3. The summed E-state index contributed by atoms with van der Waals surface area (Å²) in [6.07, 6.45) is 11.9. The molecule has 1 aliphatic carbocycles. The molecule has 0 aromatic carbocycles. The van der Waals surface area contributed by atoms with E-state index in [2.05, 4.69) is 28.7 Å². The van der Waals surface area contributed by atoms with E-state index in [0.29, 0.717) is 0 Å². The standard InChI is InChI=1S/C13H26N2S/c1-16-13-6-4-12(5-7-13)15-11-3-2-9-14-10-8-11/h11-15H,2-10H2,1H3. The van der Waals surface area contributed by atoms with Crippen LogP contribution in [0.25, 0.3) is 0 Å². The molecule has 0 aromatic heterocycles. The summed E-state index contributed by atoms with van der Waals surface area (Å²) in [6, 6.07) is 1.59. The van der Waals surface area contributed by atoms with Crippen LogP contribution in [-0.2, 0) is 0 Å². The molecule has 2 nitrogen and oxygen atoms in total. The van der Waals surface area contributed by atoms with Crippen molar-refractivity contribution in [2.24, 2.45) is 0 Å². The quantitative estimate of drug-likeness (QED) is 0.795. The molecule has 2 aliphatic rings. The Hall–Kier alpha value is 0.270. The molecule has 0 aromatic rings. The number of nitrogens with one attached hydrogen (secondary N) is 2. The summed E-state index contributed by atoms with van der Waals surface area (Å²) in [5, 5.41) is 8.32. The molecule has 0 spiro atoms. The molecule has 1 atom stereocenters. The van der Waals surface area contributed by atoms with Gasteiger partial charge in [0.1, 0.15) is 0 Å². The van der Waals surface area contributed by atoms with Gasteiger partial charge in [0.2, 0.25) is 0 Å². The Balaban J connectivity index is 1.69. The first kappa shape index (κ1) is 12.7. The monoisotopic (exact) mass is 242 g/mol. The van der Waals surface area contributed by atoms with Gasteiger partial charge in [0, 0.05) is 17.3 Å². The maximum atomic E-state index is 3.89. The molecule has 2 fully saturated rings. The van der Waals surface area contributed by atoms with Crippen molar-refractivity contribution < 1.29 is 0 Å². The normalized spacial score (nSPS) is 36.9. The molecule has 1 heterocycles. The Morgan fingerprint density at radius 2 is 1.69 bits per heavy atom. The topological polar surface area (TPSA) is 24.1 Å². The Kier molecular flexibility index (Phi) is 5.46. The largest absolute Gasteiger partial charge is 0.317 e. The van der Waals surface area contributed by atoms with Crippen molar-refractivity contribution in [3.63, 3.8) is 0 Å². The van der Waals surface area contributed by atoms with Crippen molar-refractivity contribution >= 4 is 11.8 Å². The second-order valence-corrected chi connectivity index (χ2v) is 6.39. The van der Waals surface area contributed by atoms with Gasteiger partial charge in [0.15, 0.2) is 0 Å². The minimum Gasteiger partial charge on any atom is -0.317 e. The van der Waals surface area contributed by atoms with Crippen molar-refractivity contribution in [2.45, 2.75) is 62.3 Å². The van der Waals surface area contributed by atoms with Crippen LogP contribution in [0.3, 0.4) is 0 Å². The summed E-state index contributed by atoms with van der Waals surface area (Å²) in [7, 11) is 0. The summed E-state index contributed by atoms with van der Waals surface area (Å²) in [4.78, 5) is 0. The van der Waals surface area contributed by atoms with Gasteiger partial charge in [-0.25, -0.2) is 0 Å². The number of rotatable bonds is 3. The summed E-state index contributed by atoms with van der Waals surface area (Å²) < 4.78 is 0. The lowest BCUT2D eigenvalue weighted by Gasteiger charge is -2.31. The second kappa shape index (κ2) is 6.87. The zero-order chi connectivity index (χ0) is 11.2. The molecule has 0 radical (unpaired) electrons. The maximum Gasteiger partial charge on any atom is 0.00822 e. The van der Waals surface area contributed by atoms with Gasteiger partial charge in [-0.3, -0.25) is 0 Å². The van der Waals surface area contributed by atoms with E-state index in [4.69, 9.17) is 0 Å². The van der Waals surface area contributed by atoms with Gasteiger partial charge in [-0.1, -0.05) is 0 Å². The van der Waals surface area contributed by atoms with Crippen molar-refractivity contribution in [3.8, 4) is 0 Å². The highest BCUT2D eigenvalue weighted by Gasteiger charge is 2.22. The minimum atomic E-state index is 0.783. The number of hydrogen-bond donors (Lipinski definition) is 2. The predicted octanol–water partition coefficient (Wildman–Crippen LogP) is 2.39. The molecule has 3 heteroatoms. The molecule has 1 saturated carbocycles. The van der Waals surface area contributed by atoms with Gasteiger partial charge in [-0.15, -0.1) is 0 Å². The first-order valence-corrected chi connectivity index (χ1v) is 8.17. The summed E-state index contributed by atoms with van der Waals surface area (Å²) >= 11 is 2.06. The van der Waals surface area contributed by atoms with Gasteiger partial charge in [-0.05, 0) is 64.3 Å². The minimum absolute atomic E-state index is 0.783. The fourth-order valence-corrected chi connectivity index (χ4v) is 3.73. The summed E-state index contributed by atoms with van der Waals surface area (Å²) in [5.74, 6) is 0. The maximum absolute atomic E-state index is 3.89.